The first kappa shape index (κ1) is 13.9. The number of hydrogen-bond acceptors (Lipinski definition) is 3. The number of nitrogens with one attached hydrogen (secondary N) is 1. The van der Waals surface area contributed by atoms with Gasteiger partial charge in [-0.15, -0.1) is 0 Å². The second kappa shape index (κ2) is 5.61. The van der Waals surface area contributed by atoms with Crippen molar-refractivity contribution in [3.05, 3.63) is 28.2 Å². The molecule has 5 nitrogen and oxygen atoms in total. The van der Waals surface area contributed by atoms with E-state index in [-0.39, 0.29) is 11.8 Å². The number of carbonyl (C=O) groups is 2. The minimum absolute atomic E-state index is 0.129. The summed E-state index contributed by atoms with van der Waals surface area (Å²) in [5.41, 5.74) is 0.465. The molecular formula is C13H15BrN2O3. The Morgan fingerprint density at radius 3 is 2.95 bits per heavy atom. The number of halogens is 1. The van der Waals surface area contributed by atoms with Crippen LogP contribution in [0, 0.1) is 0 Å². The molecule has 1 atom stereocenters. The lowest BCUT2D eigenvalue weighted by Gasteiger charge is -2.33. The predicted octanol–water partition coefficient (Wildman–Crippen LogP) is 1.42. The first-order chi connectivity index (χ1) is 9.04. The van der Waals surface area contributed by atoms with Crippen LogP contribution in [-0.2, 0) is 4.79 Å². The van der Waals surface area contributed by atoms with Crippen LogP contribution in [0.3, 0.4) is 0 Å². The molecule has 1 unspecified atom stereocenters. The molecule has 1 aliphatic heterocycles. The molecule has 0 aliphatic carbocycles. The van der Waals surface area contributed by atoms with Gasteiger partial charge in [0.2, 0.25) is 5.91 Å². The second-order valence-electron chi connectivity index (χ2n) is 4.31. The highest BCUT2D eigenvalue weighted by Crippen LogP contribution is 2.25. The maximum atomic E-state index is 12.5. The largest absolute Gasteiger partial charge is 0.496 e. The highest BCUT2D eigenvalue weighted by atomic mass is 79.9. The number of ether oxygens (including phenoxy) is 1. The van der Waals surface area contributed by atoms with E-state index in [1.54, 1.807) is 30.0 Å². The molecule has 0 spiro atoms. The van der Waals surface area contributed by atoms with Crippen LogP contribution < -0.4 is 10.1 Å². The first-order valence-electron chi connectivity index (χ1n) is 5.97. The summed E-state index contributed by atoms with van der Waals surface area (Å²) in [7, 11) is 1.52. The molecule has 0 saturated carbocycles. The summed E-state index contributed by atoms with van der Waals surface area (Å²) in [5.74, 6) is 0.180. The SMILES string of the molecule is COc1cc(Br)ccc1C(=O)N1CCNC(=O)C1C. The Hall–Kier alpha value is -1.56. The van der Waals surface area contributed by atoms with Crippen LogP contribution in [0.4, 0.5) is 0 Å². The number of nitrogens with zero attached hydrogens (tertiary/aromatic N) is 1. The number of methoxy groups -OCH3 is 1. The standard InChI is InChI=1S/C13H15BrN2O3/c1-8-12(17)15-5-6-16(8)13(18)10-4-3-9(14)7-11(10)19-2/h3-4,7-8H,5-6H2,1-2H3,(H,15,17). The van der Waals surface area contributed by atoms with E-state index >= 15 is 0 Å². The maximum absolute atomic E-state index is 12.5. The monoisotopic (exact) mass is 326 g/mol. The highest BCUT2D eigenvalue weighted by molar-refractivity contribution is 9.10. The summed E-state index contributed by atoms with van der Waals surface area (Å²) in [5, 5.41) is 2.73. The first-order valence-corrected chi connectivity index (χ1v) is 6.76. The van der Waals surface area contributed by atoms with E-state index < -0.39 is 6.04 Å². The number of carbonyl (C=O) groups excluding carboxylic acids is 2. The second-order valence-corrected chi connectivity index (χ2v) is 5.23. The van der Waals surface area contributed by atoms with Crippen molar-refractivity contribution in [1.29, 1.82) is 0 Å². The smallest absolute Gasteiger partial charge is 0.258 e. The zero-order valence-electron chi connectivity index (χ0n) is 10.8. The van der Waals surface area contributed by atoms with Crippen LogP contribution in [0.2, 0.25) is 0 Å². The molecule has 1 aromatic rings. The van der Waals surface area contributed by atoms with Gasteiger partial charge in [-0.25, -0.2) is 0 Å². The summed E-state index contributed by atoms with van der Waals surface area (Å²) < 4.78 is 6.06. The molecular weight excluding hydrogens is 312 g/mol. The molecule has 19 heavy (non-hydrogen) atoms. The summed E-state index contributed by atoms with van der Waals surface area (Å²) >= 11 is 3.33. The van der Waals surface area contributed by atoms with E-state index in [2.05, 4.69) is 21.2 Å². The van der Waals surface area contributed by atoms with Crippen molar-refractivity contribution in [2.45, 2.75) is 13.0 Å². The van der Waals surface area contributed by atoms with Crippen LogP contribution in [0.15, 0.2) is 22.7 Å². The van der Waals surface area contributed by atoms with Gasteiger partial charge in [0.05, 0.1) is 12.7 Å². The topological polar surface area (TPSA) is 58.6 Å². The molecule has 2 amide bonds. The van der Waals surface area contributed by atoms with Crippen LogP contribution >= 0.6 is 15.9 Å². The van der Waals surface area contributed by atoms with E-state index in [1.165, 1.54) is 7.11 Å². The van der Waals surface area contributed by atoms with E-state index in [0.717, 1.165) is 4.47 Å². The van der Waals surface area contributed by atoms with Crippen molar-refractivity contribution in [2.75, 3.05) is 20.2 Å². The van der Waals surface area contributed by atoms with Gasteiger partial charge in [-0.05, 0) is 25.1 Å². The van der Waals surface area contributed by atoms with Crippen molar-refractivity contribution in [3.63, 3.8) is 0 Å². The molecule has 102 valence electrons. The quantitative estimate of drug-likeness (QED) is 0.894. The lowest BCUT2D eigenvalue weighted by molar-refractivity contribution is -0.127. The van der Waals surface area contributed by atoms with Crippen molar-refractivity contribution in [1.82, 2.24) is 10.2 Å². The maximum Gasteiger partial charge on any atom is 0.258 e. The number of piperazine rings is 1. The molecule has 0 aromatic heterocycles. The fourth-order valence-corrected chi connectivity index (χ4v) is 2.40. The summed E-state index contributed by atoms with van der Waals surface area (Å²) in [4.78, 5) is 25.7. The van der Waals surface area contributed by atoms with Crippen LogP contribution in [0.5, 0.6) is 5.75 Å². The molecule has 0 radical (unpaired) electrons. The number of benzene rings is 1. The van der Waals surface area contributed by atoms with Crippen molar-refractivity contribution >= 4 is 27.7 Å². The molecule has 1 aliphatic rings. The Kier molecular flexibility index (Phi) is 4.09. The fourth-order valence-electron chi connectivity index (χ4n) is 2.06. The third-order valence-corrected chi connectivity index (χ3v) is 3.65. The summed E-state index contributed by atoms with van der Waals surface area (Å²) in [6, 6.07) is 4.76. The number of hydrogen-bond donors (Lipinski definition) is 1. The van der Waals surface area contributed by atoms with Gasteiger partial charge in [0, 0.05) is 17.6 Å². The summed E-state index contributed by atoms with van der Waals surface area (Å²) in [6.45, 7) is 2.70. The van der Waals surface area contributed by atoms with Gasteiger partial charge in [0.15, 0.2) is 0 Å². The Bertz CT molecular complexity index is 519. The van der Waals surface area contributed by atoms with Crippen LogP contribution in [-0.4, -0.2) is 43.0 Å². The van der Waals surface area contributed by atoms with E-state index in [4.69, 9.17) is 4.74 Å². The average molecular weight is 327 g/mol. The Balaban J connectivity index is 2.31. The van der Waals surface area contributed by atoms with Crippen molar-refractivity contribution in [3.8, 4) is 5.75 Å². The number of amides is 2. The van der Waals surface area contributed by atoms with Crippen molar-refractivity contribution < 1.29 is 14.3 Å². The van der Waals surface area contributed by atoms with Gasteiger partial charge >= 0.3 is 0 Å². The minimum Gasteiger partial charge on any atom is -0.496 e. The molecule has 6 heteroatoms. The molecule has 2 rings (SSSR count). The van der Waals surface area contributed by atoms with E-state index in [9.17, 15) is 9.59 Å². The predicted molar refractivity (Wildman–Crippen MR) is 74.2 cm³/mol. The van der Waals surface area contributed by atoms with E-state index in [0.29, 0.717) is 24.4 Å². The molecule has 1 aromatic carbocycles. The van der Waals surface area contributed by atoms with Crippen molar-refractivity contribution in [2.24, 2.45) is 0 Å². The Morgan fingerprint density at radius 2 is 2.26 bits per heavy atom. The lowest BCUT2D eigenvalue weighted by Crippen LogP contribution is -2.55. The van der Waals surface area contributed by atoms with Gasteiger partial charge in [-0.3, -0.25) is 9.59 Å². The Morgan fingerprint density at radius 1 is 1.53 bits per heavy atom. The fraction of sp³-hybridized carbons (Fsp3) is 0.385. The van der Waals surface area contributed by atoms with Gasteiger partial charge < -0.3 is 15.0 Å². The highest BCUT2D eigenvalue weighted by Gasteiger charge is 2.31. The minimum atomic E-state index is -0.463. The number of rotatable bonds is 2. The van der Waals surface area contributed by atoms with Gasteiger partial charge in [0.25, 0.3) is 5.91 Å². The molecule has 1 fully saturated rings. The van der Waals surface area contributed by atoms with Gasteiger partial charge in [0.1, 0.15) is 11.8 Å². The molecule has 0 bridgehead atoms. The molecule has 1 heterocycles. The van der Waals surface area contributed by atoms with Gasteiger partial charge in [-0.1, -0.05) is 15.9 Å². The average Bonchev–Trinajstić information content (AvgIpc) is 2.41. The molecule has 1 N–H and O–H groups in total. The zero-order chi connectivity index (χ0) is 14.0. The normalized spacial score (nSPS) is 19.0. The summed E-state index contributed by atoms with van der Waals surface area (Å²) in [6.07, 6.45) is 0. The van der Waals surface area contributed by atoms with Crippen LogP contribution in [0.25, 0.3) is 0 Å². The third kappa shape index (κ3) is 2.73. The third-order valence-electron chi connectivity index (χ3n) is 3.15. The lowest BCUT2D eigenvalue weighted by atomic mass is 10.1. The van der Waals surface area contributed by atoms with Gasteiger partial charge in [-0.2, -0.15) is 0 Å². The zero-order valence-corrected chi connectivity index (χ0v) is 12.4. The van der Waals surface area contributed by atoms with E-state index in [1.807, 2.05) is 0 Å². The Labute approximate surface area is 120 Å². The molecule has 1 saturated heterocycles. The van der Waals surface area contributed by atoms with Crippen LogP contribution in [0.1, 0.15) is 17.3 Å².